The van der Waals surface area contributed by atoms with Crippen LogP contribution >= 0.6 is 0 Å². The number of carboxylic acids is 1. The number of nitriles is 1. The minimum atomic E-state index is -1.52. The number of amides is 1. The number of hydrogen-bond donors (Lipinski definition) is 2. The molecule has 0 fully saturated rings. The lowest BCUT2D eigenvalue weighted by Crippen LogP contribution is -2.48. The van der Waals surface area contributed by atoms with Crippen LogP contribution in [0, 0.1) is 21.4 Å². The van der Waals surface area contributed by atoms with Gasteiger partial charge >= 0.3 is 11.9 Å². The number of methoxy groups -OCH3 is 1. The van der Waals surface area contributed by atoms with Crippen molar-refractivity contribution in [2.75, 3.05) is 18.6 Å². The number of carboxylic acid groups (broad SMARTS) is 1. The molecule has 12 heteroatoms. The number of primary amides is 1. The Morgan fingerprint density at radius 1 is 1.18 bits per heavy atom. The molecule has 0 bridgehead atoms. The molecule has 0 spiro atoms. The third kappa shape index (κ3) is 5.88. The van der Waals surface area contributed by atoms with Crippen molar-refractivity contribution in [1.29, 1.82) is 5.26 Å². The Morgan fingerprint density at radius 2 is 1.79 bits per heavy atom. The van der Waals surface area contributed by atoms with E-state index in [1.165, 1.54) is 24.3 Å². The van der Waals surface area contributed by atoms with Gasteiger partial charge in [0.1, 0.15) is 11.7 Å². The number of hydrogen-bond acceptors (Lipinski definition) is 9. The predicted octanol–water partition coefficient (Wildman–Crippen LogP) is 1.27. The number of nitrogens with zero attached hydrogens (tertiary/aromatic N) is 3. The molecule has 0 heterocycles. The molecule has 0 aliphatic carbocycles. The van der Waals surface area contributed by atoms with Crippen molar-refractivity contribution in [2.24, 2.45) is 5.73 Å². The summed E-state index contributed by atoms with van der Waals surface area (Å²) in [5, 5.41) is 29.7. The van der Waals surface area contributed by atoms with Crippen LogP contribution in [0.15, 0.2) is 42.5 Å². The Bertz CT molecular complexity index is 1150. The molecule has 170 valence electrons. The third-order valence-corrected chi connectivity index (χ3v) is 4.67. The summed E-state index contributed by atoms with van der Waals surface area (Å²) < 4.78 is 4.56. The fourth-order valence-corrected chi connectivity index (χ4v) is 2.99. The number of ether oxygens (including phenoxy) is 1. The van der Waals surface area contributed by atoms with Crippen LogP contribution in [0.2, 0.25) is 0 Å². The molecular weight excluding hydrogens is 436 g/mol. The molecule has 33 heavy (non-hydrogen) atoms. The number of nitro benzene ring substituents is 1. The highest BCUT2D eigenvalue weighted by atomic mass is 16.6. The van der Waals surface area contributed by atoms with Crippen LogP contribution in [0.5, 0.6) is 0 Å². The summed E-state index contributed by atoms with van der Waals surface area (Å²) in [7, 11) is 1.07. The van der Waals surface area contributed by atoms with Crippen molar-refractivity contribution in [3.8, 4) is 6.07 Å². The first-order valence-corrected chi connectivity index (χ1v) is 9.26. The number of ketones is 1. The quantitative estimate of drug-likeness (QED) is 0.228. The normalized spacial score (nSPS) is 11.0. The zero-order chi connectivity index (χ0) is 24.7. The lowest BCUT2D eigenvalue weighted by atomic mass is 10.0. The topological polar surface area (TPSA) is 194 Å². The maximum atomic E-state index is 12.9. The summed E-state index contributed by atoms with van der Waals surface area (Å²) in [6.07, 6.45) is -0.621. The number of esters is 1. The first kappa shape index (κ1) is 24.5. The second-order valence-electron chi connectivity index (χ2n) is 6.70. The van der Waals surface area contributed by atoms with Crippen LogP contribution in [-0.4, -0.2) is 53.4 Å². The molecule has 0 aliphatic heterocycles. The Hall–Kier alpha value is -4.79. The van der Waals surface area contributed by atoms with Crippen LogP contribution in [0.1, 0.15) is 32.7 Å². The molecule has 3 N–H and O–H groups in total. The molecule has 0 aromatic heterocycles. The zero-order valence-electron chi connectivity index (χ0n) is 17.3. The predicted molar refractivity (Wildman–Crippen MR) is 113 cm³/mol. The Balaban J connectivity index is 2.61. The van der Waals surface area contributed by atoms with Crippen molar-refractivity contribution in [1.82, 2.24) is 0 Å². The summed E-state index contributed by atoms with van der Waals surface area (Å²) in [5.74, 6) is -3.96. The molecular formula is C21H18N4O8. The summed E-state index contributed by atoms with van der Waals surface area (Å²) in [4.78, 5) is 60.0. The van der Waals surface area contributed by atoms with Crippen LogP contribution < -0.4 is 10.6 Å². The molecule has 1 amide bonds. The number of anilines is 1. The Kier molecular flexibility index (Phi) is 7.78. The fraction of sp³-hybridized carbons (Fsp3) is 0.190. The van der Waals surface area contributed by atoms with Crippen LogP contribution in [-0.2, 0) is 14.3 Å². The molecule has 2 aromatic rings. The maximum Gasteiger partial charge on any atom is 0.335 e. The molecule has 2 rings (SSSR count). The lowest BCUT2D eigenvalue weighted by Gasteiger charge is -2.30. The van der Waals surface area contributed by atoms with Gasteiger partial charge in [0.15, 0.2) is 5.78 Å². The van der Waals surface area contributed by atoms with Gasteiger partial charge in [0.25, 0.3) is 5.69 Å². The molecule has 0 saturated carbocycles. The van der Waals surface area contributed by atoms with Crippen molar-refractivity contribution >= 4 is 35.0 Å². The highest BCUT2D eigenvalue weighted by Gasteiger charge is 2.33. The van der Waals surface area contributed by atoms with Crippen molar-refractivity contribution in [2.45, 2.75) is 12.5 Å². The SMILES string of the molecule is COC(=O)CC(C(N)=O)N(CC(=O)c1ccc(C#N)cc1)c1ccc(C(=O)O)cc1[N+](=O)[O-]. The van der Waals surface area contributed by atoms with Crippen LogP contribution in [0.4, 0.5) is 11.4 Å². The van der Waals surface area contributed by atoms with Gasteiger partial charge in [-0.15, -0.1) is 0 Å². The van der Waals surface area contributed by atoms with E-state index in [0.717, 1.165) is 30.2 Å². The standard InChI is InChI=1S/C21H18N4O8/c1-33-19(27)9-17(20(23)28)24(11-18(26)13-4-2-12(10-22)3-5-13)15-7-6-14(21(29)30)8-16(15)25(31)32/h2-8,17H,9,11H2,1H3,(H2,23,28)(H,29,30). The first-order valence-electron chi connectivity index (χ1n) is 9.26. The number of rotatable bonds is 10. The molecule has 0 aliphatic rings. The number of Topliss-reactive ketones (excluding diaryl/α,β-unsaturated/α-hetero) is 1. The molecule has 12 nitrogen and oxygen atoms in total. The second kappa shape index (κ2) is 10.5. The molecule has 1 atom stereocenters. The van der Waals surface area contributed by atoms with Gasteiger partial charge < -0.3 is 20.5 Å². The van der Waals surface area contributed by atoms with E-state index in [1.807, 2.05) is 6.07 Å². The highest BCUT2D eigenvalue weighted by Crippen LogP contribution is 2.32. The van der Waals surface area contributed by atoms with E-state index in [-0.39, 0.29) is 11.3 Å². The number of benzene rings is 2. The van der Waals surface area contributed by atoms with Gasteiger partial charge in [0, 0.05) is 11.6 Å². The van der Waals surface area contributed by atoms with E-state index in [2.05, 4.69) is 4.74 Å². The van der Waals surface area contributed by atoms with Gasteiger partial charge in [-0.25, -0.2) is 4.79 Å². The van der Waals surface area contributed by atoms with Crippen LogP contribution in [0.3, 0.4) is 0 Å². The smallest absolute Gasteiger partial charge is 0.335 e. The molecule has 0 saturated heterocycles. The molecule has 0 radical (unpaired) electrons. The number of carbonyl (C=O) groups is 4. The number of nitro groups is 1. The van der Waals surface area contributed by atoms with E-state index >= 15 is 0 Å². The van der Waals surface area contributed by atoms with E-state index in [4.69, 9.17) is 16.1 Å². The van der Waals surface area contributed by atoms with E-state index in [9.17, 15) is 29.3 Å². The van der Waals surface area contributed by atoms with Crippen molar-refractivity contribution in [3.05, 3.63) is 69.3 Å². The first-order chi connectivity index (χ1) is 15.6. The van der Waals surface area contributed by atoms with E-state index in [1.54, 1.807) is 0 Å². The fourth-order valence-electron chi connectivity index (χ4n) is 2.99. The van der Waals surface area contributed by atoms with Gasteiger partial charge in [-0.3, -0.25) is 24.5 Å². The van der Waals surface area contributed by atoms with Gasteiger partial charge in [-0.05, 0) is 24.3 Å². The highest BCUT2D eigenvalue weighted by molar-refractivity contribution is 6.01. The molecule has 2 aromatic carbocycles. The zero-order valence-corrected chi connectivity index (χ0v) is 17.3. The van der Waals surface area contributed by atoms with Gasteiger partial charge in [-0.2, -0.15) is 5.26 Å². The Labute approximate surface area is 186 Å². The van der Waals surface area contributed by atoms with Crippen LogP contribution in [0.25, 0.3) is 0 Å². The minimum Gasteiger partial charge on any atom is -0.478 e. The number of aromatic carboxylic acids is 1. The summed E-state index contributed by atoms with van der Waals surface area (Å²) in [5.41, 5.74) is 4.46. The average molecular weight is 454 g/mol. The Morgan fingerprint density at radius 3 is 2.27 bits per heavy atom. The van der Waals surface area contributed by atoms with E-state index in [0.29, 0.717) is 5.56 Å². The summed E-state index contributed by atoms with van der Waals surface area (Å²) in [6.45, 7) is -0.621. The second-order valence-corrected chi connectivity index (χ2v) is 6.70. The summed E-state index contributed by atoms with van der Waals surface area (Å²) >= 11 is 0. The maximum absolute atomic E-state index is 12.9. The van der Waals surface area contributed by atoms with Gasteiger partial charge in [-0.1, -0.05) is 12.1 Å². The number of nitrogens with two attached hydrogens (primary N) is 1. The lowest BCUT2D eigenvalue weighted by molar-refractivity contribution is -0.384. The monoisotopic (exact) mass is 454 g/mol. The summed E-state index contributed by atoms with van der Waals surface area (Å²) in [6, 6.07) is 8.77. The third-order valence-electron chi connectivity index (χ3n) is 4.67. The largest absolute Gasteiger partial charge is 0.478 e. The van der Waals surface area contributed by atoms with Crippen molar-refractivity contribution in [3.63, 3.8) is 0 Å². The minimum absolute atomic E-state index is 0.130. The van der Waals surface area contributed by atoms with Gasteiger partial charge in [0.2, 0.25) is 5.91 Å². The molecule has 1 unspecified atom stereocenters. The average Bonchev–Trinajstić information content (AvgIpc) is 2.80. The van der Waals surface area contributed by atoms with E-state index < -0.39 is 58.8 Å². The number of carbonyl (C=O) groups excluding carboxylic acids is 3. The van der Waals surface area contributed by atoms with Crippen molar-refractivity contribution < 1.29 is 33.9 Å². The van der Waals surface area contributed by atoms with Gasteiger partial charge in [0.05, 0.1) is 42.2 Å².